The van der Waals surface area contributed by atoms with Crippen molar-refractivity contribution in [1.29, 1.82) is 0 Å². The van der Waals surface area contributed by atoms with Crippen molar-refractivity contribution in [3.05, 3.63) is 0 Å². The predicted molar refractivity (Wildman–Crippen MR) is 52.6 cm³/mol. The molecular formula is C2H5N3S4. The quantitative estimate of drug-likeness (QED) is 0.246. The van der Waals surface area contributed by atoms with Crippen molar-refractivity contribution < 1.29 is 0 Å². The Balaban J connectivity index is 3.10. The van der Waals surface area contributed by atoms with Gasteiger partial charge in [0.25, 0.3) is 0 Å². The Morgan fingerprint density at radius 3 is 1.56 bits per heavy atom. The summed E-state index contributed by atoms with van der Waals surface area (Å²) in [7, 11) is 0. The zero-order valence-electron chi connectivity index (χ0n) is 4.21. The van der Waals surface area contributed by atoms with Crippen molar-refractivity contribution in [2.24, 2.45) is 0 Å². The van der Waals surface area contributed by atoms with E-state index in [0.717, 1.165) is 0 Å². The predicted octanol–water partition coefficient (Wildman–Crippen LogP) is 0.0146. The standard InChI is InChI=1S/C2H5N3S4/c6-1(7)3-5-4-2(8)9/h5H,(H2,3,6,7)(H2,4,8,9). The van der Waals surface area contributed by atoms with Crippen molar-refractivity contribution in [2.45, 2.75) is 0 Å². The number of thiocarbonyl (C=S) groups is 2. The number of hydrazine groups is 2. The molecule has 0 heterocycles. The Kier molecular flexibility index (Phi) is 5.50. The van der Waals surface area contributed by atoms with Gasteiger partial charge in [-0.05, 0) is 0 Å². The number of hydrogen-bond donors (Lipinski definition) is 5. The first-order chi connectivity index (χ1) is 4.13. The minimum absolute atomic E-state index is 0.326. The van der Waals surface area contributed by atoms with Gasteiger partial charge in [-0.25, -0.2) is 0 Å². The summed E-state index contributed by atoms with van der Waals surface area (Å²) in [6.45, 7) is 0. The Labute approximate surface area is 74.7 Å². The lowest BCUT2D eigenvalue weighted by molar-refractivity contribution is 0.634. The van der Waals surface area contributed by atoms with Crippen molar-refractivity contribution in [3.63, 3.8) is 0 Å². The molecule has 0 aliphatic carbocycles. The summed E-state index contributed by atoms with van der Waals surface area (Å²) in [5, 5.41) is 0. The van der Waals surface area contributed by atoms with Crippen LogP contribution < -0.4 is 16.4 Å². The summed E-state index contributed by atoms with van der Waals surface area (Å²) in [6, 6.07) is 0. The van der Waals surface area contributed by atoms with Crippen LogP contribution in [0, 0.1) is 0 Å². The molecule has 0 aliphatic rings. The fourth-order valence-electron chi connectivity index (χ4n) is 0.138. The summed E-state index contributed by atoms with van der Waals surface area (Å²) in [5.74, 6) is 0. The van der Waals surface area contributed by atoms with Crippen LogP contribution >= 0.6 is 49.7 Å². The van der Waals surface area contributed by atoms with Gasteiger partial charge < -0.3 is 0 Å². The van der Waals surface area contributed by atoms with Crippen LogP contribution in [0.2, 0.25) is 0 Å². The monoisotopic (exact) mass is 199 g/mol. The highest BCUT2D eigenvalue weighted by molar-refractivity contribution is 8.11. The summed E-state index contributed by atoms with van der Waals surface area (Å²) in [5.41, 5.74) is 7.40. The SMILES string of the molecule is S=C(S)NNNC(=S)S. The molecule has 0 aliphatic heterocycles. The van der Waals surface area contributed by atoms with E-state index in [9.17, 15) is 0 Å². The molecule has 0 aromatic carbocycles. The van der Waals surface area contributed by atoms with E-state index in [-0.39, 0.29) is 0 Å². The topological polar surface area (TPSA) is 36.1 Å². The highest BCUT2D eigenvalue weighted by Gasteiger charge is 1.83. The molecule has 3 nitrogen and oxygen atoms in total. The number of nitrogens with one attached hydrogen (secondary N) is 3. The zero-order valence-corrected chi connectivity index (χ0v) is 7.63. The molecule has 0 saturated heterocycles. The molecule has 0 spiro atoms. The molecule has 3 N–H and O–H groups in total. The van der Waals surface area contributed by atoms with Gasteiger partial charge >= 0.3 is 0 Å². The van der Waals surface area contributed by atoms with Gasteiger partial charge in [0.15, 0.2) is 0 Å². The highest BCUT2D eigenvalue weighted by atomic mass is 32.1. The number of thiol groups is 2. The molecule has 0 fully saturated rings. The van der Waals surface area contributed by atoms with Crippen LogP contribution in [-0.4, -0.2) is 8.64 Å². The normalized spacial score (nSPS) is 8.22. The average molecular weight is 199 g/mol. The van der Waals surface area contributed by atoms with E-state index >= 15 is 0 Å². The number of rotatable bonds is 2. The van der Waals surface area contributed by atoms with Gasteiger partial charge in [0, 0.05) is 0 Å². The second-order valence-corrected chi connectivity index (χ2v) is 3.30. The molecule has 0 radical (unpaired) electrons. The third-order valence-electron chi connectivity index (χ3n) is 0.339. The fraction of sp³-hybridized carbons (Fsp3) is 0. The second kappa shape index (κ2) is 5.24. The lowest BCUT2D eigenvalue weighted by Crippen LogP contribution is -2.45. The van der Waals surface area contributed by atoms with Gasteiger partial charge in [0.2, 0.25) is 0 Å². The van der Waals surface area contributed by atoms with Crippen LogP contribution in [0.1, 0.15) is 0 Å². The van der Waals surface area contributed by atoms with Crippen LogP contribution in [0.15, 0.2) is 0 Å². The van der Waals surface area contributed by atoms with E-state index in [1.54, 1.807) is 0 Å². The maximum absolute atomic E-state index is 4.53. The first-order valence-corrected chi connectivity index (χ1v) is 3.57. The minimum atomic E-state index is 0.326. The van der Waals surface area contributed by atoms with Gasteiger partial charge in [-0.3, -0.25) is 10.9 Å². The average Bonchev–Trinajstić information content (AvgIpc) is 1.63. The first kappa shape index (κ1) is 9.44. The maximum Gasteiger partial charge on any atom is 0.146 e. The fourth-order valence-corrected chi connectivity index (χ4v) is 0.352. The molecule has 0 unspecified atom stereocenters. The molecule has 0 atom stereocenters. The largest absolute Gasteiger partial charge is 0.289 e. The highest BCUT2D eigenvalue weighted by Crippen LogP contribution is 1.73. The molecule has 52 valence electrons. The third-order valence-corrected chi connectivity index (χ3v) is 0.767. The first-order valence-electron chi connectivity index (χ1n) is 1.86. The molecule has 0 aromatic rings. The molecule has 0 bridgehead atoms. The Hall–Kier alpha value is 0.440. The lowest BCUT2D eigenvalue weighted by Gasteiger charge is -2.04. The van der Waals surface area contributed by atoms with E-state index < -0.39 is 0 Å². The van der Waals surface area contributed by atoms with Crippen LogP contribution in [-0.2, 0) is 0 Å². The molecule has 7 heteroatoms. The van der Waals surface area contributed by atoms with E-state index in [0.29, 0.717) is 8.64 Å². The molecule has 0 amide bonds. The molecule has 0 saturated carbocycles. The van der Waals surface area contributed by atoms with E-state index in [2.05, 4.69) is 66.1 Å². The van der Waals surface area contributed by atoms with Crippen molar-refractivity contribution >= 4 is 58.3 Å². The molecule has 9 heavy (non-hydrogen) atoms. The van der Waals surface area contributed by atoms with Crippen molar-refractivity contribution in [2.75, 3.05) is 0 Å². The van der Waals surface area contributed by atoms with Crippen LogP contribution in [0.5, 0.6) is 0 Å². The zero-order chi connectivity index (χ0) is 7.28. The van der Waals surface area contributed by atoms with Gasteiger partial charge in [-0.2, -0.15) is 0 Å². The smallest absolute Gasteiger partial charge is 0.146 e. The summed E-state index contributed by atoms with van der Waals surface area (Å²) in [4.78, 5) is 0. The molecule has 0 aromatic heterocycles. The number of hydrogen-bond acceptors (Lipinski definition) is 3. The summed E-state index contributed by atoms with van der Waals surface area (Å²) >= 11 is 16.6. The van der Waals surface area contributed by atoms with Crippen molar-refractivity contribution in [1.82, 2.24) is 16.4 Å². The lowest BCUT2D eigenvalue weighted by atomic mass is 11.4. The maximum atomic E-state index is 4.53. The van der Waals surface area contributed by atoms with Gasteiger partial charge in [-0.1, -0.05) is 24.4 Å². The summed E-state index contributed by atoms with van der Waals surface area (Å²) in [6.07, 6.45) is 0. The second-order valence-electron chi connectivity index (χ2n) is 0.985. The van der Waals surface area contributed by atoms with E-state index in [4.69, 9.17) is 0 Å². The van der Waals surface area contributed by atoms with E-state index in [1.165, 1.54) is 0 Å². The van der Waals surface area contributed by atoms with Gasteiger partial charge in [0.1, 0.15) is 8.64 Å². The van der Waals surface area contributed by atoms with Gasteiger partial charge in [-0.15, -0.1) is 30.8 Å². The Morgan fingerprint density at radius 1 is 1.00 bits per heavy atom. The van der Waals surface area contributed by atoms with Crippen molar-refractivity contribution in [3.8, 4) is 0 Å². The van der Waals surface area contributed by atoms with E-state index in [1.807, 2.05) is 0 Å². The third kappa shape index (κ3) is 8.44. The van der Waals surface area contributed by atoms with Crippen LogP contribution in [0.4, 0.5) is 0 Å². The van der Waals surface area contributed by atoms with Crippen LogP contribution in [0.25, 0.3) is 0 Å². The van der Waals surface area contributed by atoms with Crippen LogP contribution in [0.3, 0.4) is 0 Å². The Morgan fingerprint density at radius 2 is 1.33 bits per heavy atom. The van der Waals surface area contributed by atoms with Gasteiger partial charge in [0.05, 0.1) is 0 Å². The molecular weight excluding hydrogens is 194 g/mol. The summed E-state index contributed by atoms with van der Waals surface area (Å²) < 4.78 is 0.652. The minimum Gasteiger partial charge on any atom is -0.289 e. The molecule has 0 rings (SSSR count). The Bertz CT molecular complexity index is 109.